The van der Waals surface area contributed by atoms with Crippen LogP contribution >= 0.6 is 0 Å². The largest absolute Gasteiger partial charge is 0.379 e. The lowest BCUT2D eigenvalue weighted by molar-refractivity contribution is 0.155. The summed E-state index contributed by atoms with van der Waals surface area (Å²) < 4.78 is 0. The van der Waals surface area contributed by atoms with Gasteiger partial charge < -0.3 is 15.1 Å². The summed E-state index contributed by atoms with van der Waals surface area (Å²) in [6.07, 6.45) is 4.29. The van der Waals surface area contributed by atoms with E-state index >= 15 is 0 Å². The fourth-order valence-corrected chi connectivity index (χ4v) is 2.21. The van der Waals surface area contributed by atoms with E-state index in [0.29, 0.717) is 11.0 Å². The molecule has 2 aromatic rings. The zero-order chi connectivity index (χ0) is 11.1. The molecule has 0 spiro atoms. The monoisotopic (exact) mass is 220 g/mol. The first-order valence-corrected chi connectivity index (χ1v) is 5.24. The summed E-state index contributed by atoms with van der Waals surface area (Å²) in [7, 11) is 0. The van der Waals surface area contributed by atoms with E-state index in [1.54, 1.807) is 6.20 Å². The second kappa shape index (κ2) is 3.43. The Kier molecular flexibility index (Phi) is 2.05. The summed E-state index contributed by atoms with van der Waals surface area (Å²) in [5.74, 6) is 0. The molecule has 0 saturated carbocycles. The summed E-state index contributed by atoms with van der Waals surface area (Å²) in [5, 5.41) is 12.5. The van der Waals surface area contributed by atoms with Gasteiger partial charge in [0.15, 0.2) is 0 Å². The topological polar surface area (TPSA) is 93.8 Å². The Morgan fingerprint density at radius 3 is 3.00 bits per heavy atom. The predicted molar refractivity (Wildman–Crippen MR) is 57.8 cm³/mol. The van der Waals surface area contributed by atoms with Crippen molar-refractivity contribution in [2.75, 3.05) is 0 Å². The molecule has 2 atom stereocenters. The van der Waals surface area contributed by atoms with Crippen molar-refractivity contribution >= 4 is 11.0 Å². The average Bonchev–Trinajstić information content (AvgIpc) is 2.84. The van der Waals surface area contributed by atoms with Gasteiger partial charge in [0, 0.05) is 17.8 Å². The van der Waals surface area contributed by atoms with E-state index in [4.69, 9.17) is 0 Å². The number of hydrogen-bond acceptors (Lipinski definition) is 4. The molecule has 0 radical (unpaired) electrons. The average molecular weight is 220 g/mol. The molecule has 2 aromatic heterocycles. The van der Waals surface area contributed by atoms with Crippen LogP contribution in [0.5, 0.6) is 0 Å². The minimum atomic E-state index is -0.461. The molecule has 1 aliphatic heterocycles. The number of fused-ring (bicyclic) bond motifs is 1. The van der Waals surface area contributed by atoms with Crippen molar-refractivity contribution < 1.29 is 5.11 Å². The number of nitrogens with zero attached hydrogens (tertiary/aromatic N) is 1. The van der Waals surface area contributed by atoms with Crippen LogP contribution < -0.4 is 10.9 Å². The fourth-order valence-electron chi connectivity index (χ4n) is 2.21. The third kappa shape index (κ3) is 1.35. The molecule has 6 nitrogen and oxygen atoms in total. The number of nitrogens with one attached hydrogen (secondary N) is 3. The number of rotatable bonds is 1. The first-order valence-electron chi connectivity index (χ1n) is 5.24. The molecule has 0 amide bonds. The highest BCUT2D eigenvalue weighted by Gasteiger charge is 2.25. The van der Waals surface area contributed by atoms with E-state index in [1.807, 2.05) is 0 Å². The Balaban J connectivity index is 2.11. The van der Waals surface area contributed by atoms with Crippen LogP contribution in [0.25, 0.3) is 11.0 Å². The second-order valence-electron chi connectivity index (χ2n) is 4.01. The van der Waals surface area contributed by atoms with Gasteiger partial charge in [-0.05, 0) is 12.8 Å². The standard InChI is InChI=1S/C10H12N4O2/c15-7-2-1-6(14-7)5-3-11-9-8(5)12-4-13-10(9)16/h3-4,6-7,11,14-15H,1-2H2,(H,12,13,16). The summed E-state index contributed by atoms with van der Waals surface area (Å²) in [6, 6.07) is 0.0676. The molecule has 0 bridgehead atoms. The Morgan fingerprint density at radius 1 is 1.38 bits per heavy atom. The minimum Gasteiger partial charge on any atom is -0.379 e. The van der Waals surface area contributed by atoms with Gasteiger partial charge in [-0.25, -0.2) is 4.98 Å². The van der Waals surface area contributed by atoms with Crippen LogP contribution in [0.2, 0.25) is 0 Å². The first kappa shape index (κ1) is 9.56. The van der Waals surface area contributed by atoms with E-state index in [1.165, 1.54) is 6.33 Å². The quantitative estimate of drug-likeness (QED) is 0.544. The lowest BCUT2D eigenvalue weighted by Crippen LogP contribution is -2.23. The van der Waals surface area contributed by atoms with Gasteiger partial charge in [0.1, 0.15) is 17.3 Å². The molecular formula is C10H12N4O2. The molecule has 1 fully saturated rings. The maximum atomic E-state index is 11.5. The van der Waals surface area contributed by atoms with E-state index in [9.17, 15) is 9.90 Å². The third-order valence-electron chi connectivity index (χ3n) is 3.00. The van der Waals surface area contributed by atoms with Crippen LogP contribution in [0.4, 0.5) is 0 Å². The van der Waals surface area contributed by atoms with Crippen molar-refractivity contribution in [1.82, 2.24) is 20.3 Å². The molecule has 84 valence electrons. The number of H-pyrrole nitrogens is 2. The van der Waals surface area contributed by atoms with Crippen molar-refractivity contribution in [3.8, 4) is 0 Å². The van der Waals surface area contributed by atoms with Crippen LogP contribution in [0, 0.1) is 0 Å². The number of aromatic amines is 2. The number of hydrogen-bond donors (Lipinski definition) is 4. The number of aromatic nitrogens is 3. The van der Waals surface area contributed by atoms with Gasteiger partial charge in [-0.2, -0.15) is 0 Å². The first-order chi connectivity index (χ1) is 7.75. The van der Waals surface area contributed by atoms with Crippen molar-refractivity contribution in [2.24, 2.45) is 0 Å². The van der Waals surface area contributed by atoms with Crippen molar-refractivity contribution in [2.45, 2.75) is 25.1 Å². The highest BCUT2D eigenvalue weighted by molar-refractivity contribution is 5.78. The van der Waals surface area contributed by atoms with Gasteiger partial charge in [0.2, 0.25) is 0 Å². The van der Waals surface area contributed by atoms with Crippen LogP contribution in [0.1, 0.15) is 24.4 Å². The molecule has 0 aliphatic carbocycles. The van der Waals surface area contributed by atoms with Crippen molar-refractivity contribution in [3.63, 3.8) is 0 Å². The Bertz CT molecular complexity index is 573. The summed E-state index contributed by atoms with van der Waals surface area (Å²) >= 11 is 0. The highest BCUT2D eigenvalue weighted by Crippen LogP contribution is 2.28. The normalized spacial score (nSPS) is 25.3. The Labute approximate surface area is 90.7 Å². The molecule has 1 saturated heterocycles. The maximum Gasteiger partial charge on any atom is 0.275 e. The van der Waals surface area contributed by atoms with Gasteiger partial charge in [-0.3, -0.25) is 10.1 Å². The molecular weight excluding hydrogens is 208 g/mol. The van der Waals surface area contributed by atoms with Gasteiger partial charge in [0.05, 0.1) is 6.33 Å². The lowest BCUT2D eigenvalue weighted by Gasteiger charge is -2.09. The molecule has 4 N–H and O–H groups in total. The maximum absolute atomic E-state index is 11.5. The van der Waals surface area contributed by atoms with Crippen molar-refractivity contribution in [3.05, 3.63) is 28.4 Å². The van der Waals surface area contributed by atoms with E-state index in [0.717, 1.165) is 18.4 Å². The lowest BCUT2D eigenvalue weighted by atomic mass is 10.1. The van der Waals surface area contributed by atoms with Gasteiger partial charge in [-0.1, -0.05) is 0 Å². The second-order valence-corrected chi connectivity index (χ2v) is 4.01. The molecule has 6 heteroatoms. The van der Waals surface area contributed by atoms with Crippen LogP contribution in [-0.2, 0) is 0 Å². The van der Waals surface area contributed by atoms with Gasteiger partial charge in [0.25, 0.3) is 5.56 Å². The third-order valence-corrected chi connectivity index (χ3v) is 3.00. The van der Waals surface area contributed by atoms with Gasteiger partial charge in [-0.15, -0.1) is 0 Å². The van der Waals surface area contributed by atoms with Crippen LogP contribution in [-0.4, -0.2) is 26.3 Å². The fraction of sp³-hybridized carbons (Fsp3) is 0.400. The van der Waals surface area contributed by atoms with Crippen LogP contribution in [0.15, 0.2) is 17.3 Å². The van der Waals surface area contributed by atoms with Crippen molar-refractivity contribution in [1.29, 1.82) is 0 Å². The minimum absolute atomic E-state index is 0.0676. The smallest absolute Gasteiger partial charge is 0.275 e. The van der Waals surface area contributed by atoms with Crippen LogP contribution in [0.3, 0.4) is 0 Å². The van der Waals surface area contributed by atoms with E-state index in [2.05, 4.69) is 20.3 Å². The predicted octanol–water partition coefficient (Wildman–Crippen LogP) is -0.00590. The number of aliphatic hydroxyl groups is 1. The Morgan fingerprint density at radius 2 is 2.25 bits per heavy atom. The molecule has 1 aliphatic rings. The molecule has 3 heterocycles. The van der Waals surface area contributed by atoms with E-state index < -0.39 is 6.23 Å². The molecule has 2 unspecified atom stereocenters. The zero-order valence-corrected chi connectivity index (χ0v) is 8.53. The zero-order valence-electron chi connectivity index (χ0n) is 8.53. The Hall–Kier alpha value is -1.66. The molecule has 0 aromatic carbocycles. The highest BCUT2D eigenvalue weighted by atomic mass is 16.3. The summed E-state index contributed by atoms with van der Waals surface area (Å²) in [5.41, 5.74) is 1.93. The van der Waals surface area contributed by atoms with Gasteiger partial charge >= 0.3 is 0 Å². The molecule has 16 heavy (non-hydrogen) atoms. The SMILES string of the molecule is O=c1[nH]cnc2c(C3CCC(O)N3)c[nH]c12. The number of aliphatic hydroxyl groups excluding tert-OH is 1. The summed E-state index contributed by atoms with van der Waals surface area (Å²) in [4.78, 5) is 21.1. The molecule has 3 rings (SSSR count). The summed E-state index contributed by atoms with van der Waals surface area (Å²) in [6.45, 7) is 0. The van der Waals surface area contributed by atoms with E-state index in [-0.39, 0.29) is 11.6 Å².